The van der Waals surface area contributed by atoms with Gasteiger partial charge in [-0.3, -0.25) is 9.69 Å². The molecule has 0 bridgehead atoms. The summed E-state index contributed by atoms with van der Waals surface area (Å²) < 4.78 is 5.31. The molecule has 0 spiro atoms. The summed E-state index contributed by atoms with van der Waals surface area (Å²) in [4.78, 5) is 26.8. The number of thioether (sulfide) groups is 1. The van der Waals surface area contributed by atoms with Crippen molar-refractivity contribution in [3.8, 4) is 11.1 Å². The smallest absolute Gasteiger partial charge is 0.337 e. The first kappa shape index (κ1) is 21.0. The number of esters is 1. The van der Waals surface area contributed by atoms with Crippen LogP contribution in [0.4, 0.5) is 0 Å². The Hall–Kier alpha value is -3.22. The number of nitrogens with zero attached hydrogens (tertiary/aromatic N) is 1. The average molecular weight is 446 g/mol. The first-order chi connectivity index (χ1) is 15.0. The highest BCUT2D eigenvalue weighted by molar-refractivity contribution is 8.26. The van der Waals surface area contributed by atoms with Crippen molar-refractivity contribution >= 4 is 46.3 Å². The summed E-state index contributed by atoms with van der Waals surface area (Å²) in [7, 11) is 1.36. The second-order valence-corrected chi connectivity index (χ2v) is 8.62. The minimum absolute atomic E-state index is 0.0771. The van der Waals surface area contributed by atoms with E-state index in [1.165, 1.54) is 18.9 Å². The van der Waals surface area contributed by atoms with Crippen LogP contribution in [0.1, 0.15) is 21.5 Å². The molecule has 1 amide bonds. The number of benzene rings is 3. The van der Waals surface area contributed by atoms with Gasteiger partial charge < -0.3 is 4.74 Å². The van der Waals surface area contributed by atoms with Gasteiger partial charge in [0.1, 0.15) is 4.32 Å². The molecule has 0 aromatic heterocycles. The van der Waals surface area contributed by atoms with E-state index in [2.05, 4.69) is 0 Å². The highest BCUT2D eigenvalue weighted by Crippen LogP contribution is 2.34. The van der Waals surface area contributed by atoms with Gasteiger partial charge in [-0.1, -0.05) is 84.6 Å². The maximum atomic E-state index is 12.9. The van der Waals surface area contributed by atoms with Crippen LogP contribution in [0.15, 0.2) is 83.8 Å². The molecule has 31 heavy (non-hydrogen) atoms. The highest BCUT2D eigenvalue weighted by atomic mass is 32.2. The van der Waals surface area contributed by atoms with Gasteiger partial charge in [-0.25, -0.2) is 4.79 Å². The van der Waals surface area contributed by atoms with Crippen LogP contribution in [0.25, 0.3) is 17.2 Å². The fraction of sp³-hybridized carbons (Fsp3) is 0.0800. The molecule has 3 aromatic carbocycles. The van der Waals surface area contributed by atoms with Crippen LogP contribution in [0.5, 0.6) is 0 Å². The van der Waals surface area contributed by atoms with Crippen molar-refractivity contribution in [3.63, 3.8) is 0 Å². The fourth-order valence-corrected chi connectivity index (χ4v) is 4.53. The predicted molar refractivity (Wildman–Crippen MR) is 128 cm³/mol. The topological polar surface area (TPSA) is 46.6 Å². The van der Waals surface area contributed by atoms with E-state index in [0.29, 0.717) is 21.3 Å². The third kappa shape index (κ3) is 4.76. The van der Waals surface area contributed by atoms with Crippen molar-refractivity contribution in [1.82, 2.24) is 4.90 Å². The number of carbonyl (C=O) groups excluding carboxylic acids is 2. The number of methoxy groups -OCH3 is 1. The first-order valence-corrected chi connectivity index (χ1v) is 10.9. The lowest BCUT2D eigenvalue weighted by molar-refractivity contribution is -0.122. The van der Waals surface area contributed by atoms with Gasteiger partial charge in [0.25, 0.3) is 5.91 Å². The molecule has 4 rings (SSSR count). The van der Waals surface area contributed by atoms with Gasteiger partial charge in [-0.05, 0) is 46.5 Å². The molecule has 0 radical (unpaired) electrons. The SMILES string of the molecule is COC(=O)c1ccc(-c2cccc(/C=C3\SC(=S)N(Cc4ccccc4)C3=O)c2)cc1. The largest absolute Gasteiger partial charge is 0.465 e. The minimum Gasteiger partial charge on any atom is -0.465 e. The Balaban J connectivity index is 1.55. The number of rotatable bonds is 5. The molecule has 0 N–H and O–H groups in total. The molecule has 154 valence electrons. The summed E-state index contributed by atoms with van der Waals surface area (Å²) in [6, 6.07) is 25.0. The Morgan fingerprint density at radius 3 is 2.45 bits per heavy atom. The molecular weight excluding hydrogens is 426 g/mol. The van der Waals surface area contributed by atoms with Gasteiger partial charge in [0.2, 0.25) is 0 Å². The summed E-state index contributed by atoms with van der Waals surface area (Å²) in [5.41, 5.74) is 4.42. The summed E-state index contributed by atoms with van der Waals surface area (Å²) in [6.07, 6.45) is 1.87. The Bertz CT molecular complexity index is 1170. The Kier molecular flexibility index (Phi) is 6.30. The molecule has 1 heterocycles. The van der Waals surface area contributed by atoms with Crippen LogP contribution in [0.2, 0.25) is 0 Å². The molecule has 0 unspecified atom stereocenters. The van der Waals surface area contributed by atoms with Crippen LogP contribution in [0.3, 0.4) is 0 Å². The highest BCUT2D eigenvalue weighted by Gasteiger charge is 2.31. The predicted octanol–water partition coefficient (Wildman–Crippen LogP) is 5.54. The molecule has 4 nitrogen and oxygen atoms in total. The van der Waals surface area contributed by atoms with Crippen LogP contribution in [-0.4, -0.2) is 28.2 Å². The summed E-state index contributed by atoms with van der Waals surface area (Å²) in [5, 5.41) is 0. The van der Waals surface area contributed by atoms with Crippen molar-refractivity contribution in [2.75, 3.05) is 7.11 Å². The second kappa shape index (κ2) is 9.29. The van der Waals surface area contributed by atoms with Crippen LogP contribution < -0.4 is 0 Å². The standard InChI is InChI=1S/C25H19NO3S2/c1-29-24(28)20-12-10-19(11-13-20)21-9-5-8-18(14-21)15-22-23(27)26(25(30)31-22)16-17-6-3-2-4-7-17/h2-15H,16H2,1H3/b22-15-. The van der Waals surface area contributed by atoms with Crippen molar-refractivity contribution in [2.45, 2.75) is 6.54 Å². The quantitative estimate of drug-likeness (QED) is 0.293. The summed E-state index contributed by atoms with van der Waals surface area (Å²) in [5.74, 6) is -0.440. The number of amides is 1. The molecule has 6 heteroatoms. The van der Waals surface area contributed by atoms with E-state index in [1.807, 2.05) is 72.8 Å². The minimum atomic E-state index is -0.363. The van der Waals surface area contributed by atoms with Gasteiger partial charge in [0, 0.05) is 0 Å². The summed E-state index contributed by atoms with van der Waals surface area (Å²) in [6.45, 7) is 0.468. The summed E-state index contributed by atoms with van der Waals surface area (Å²) >= 11 is 6.77. The lowest BCUT2D eigenvalue weighted by Crippen LogP contribution is -2.27. The van der Waals surface area contributed by atoms with Gasteiger partial charge in [-0.2, -0.15) is 0 Å². The molecule has 1 fully saturated rings. The van der Waals surface area contributed by atoms with Gasteiger partial charge in [0.05, 0.1) is 24.1 Å². The molecule has 1 aliphatic heterocycles. The lowest BCUT2D eigenvalue weighted by Gasteiger charge is -2.14. The fourth-order valence-electron chi connectivity index (χ4n) is 3.28. The first-order valence-electron chi connectivity index (χ1n) is 9.63. The van der Waals surface area contributed by atoms with Crippen molar-refractivity contribution in [1.29, 1.82) is 0 Å². The normalized spacial score (nSPS) is 14.9. The lowest BCUT2D eigenvalue weighted by atomic mass is 10.0. The van der Waals surface area contributed by atoms with E-state index in [-0.39, 0.29) is 11.9 Å². The van der Waals surface area contributed by atoms with Crippen LogP contribution in [0, 0.1) is 0 Å². The van der Waals surface area contributed by atoms with Crippen LogP contribution in [-0.2, 0) is 16.1 Å². The van der Waals surface area contributed by atoms with Crippen molar-refractivity contribution < 1.29 is 14.3 Å². The maximum absolute atomic E-state index is 12.9. The van der Waals surface area contributed by atoms with Crippen molar-refractivity contribution in [3.05, 3.63) is 100 Å². The molecule has 0 aliphatic carbocycles. The van der Waals surface area contributed by atoms with Gasteiger partial charge in [-0.15, -0.1) is 0 Å². The zero-order valence-electron chi connectivity index (χ0n) is 16.8. The Labute approximate surface area is 190 Å². The van der Waals surface area contributed by atoms with Crippen LogP contribution >= 0.6 is 24.0 Å². The number of hydrogen-bond donors (Lipinski definition) is 0. The number of carbonyl (C=O) groups is 2. The van der Waals surface area contributed by atoms with E-state index >= 15 is 0 Å². The monoisotopic (exact) mass is 445 g/mol. The Morgan fingerprint density at radius 2 is 1.74 bits per heavy atom. The molecule has 0 atom stereocenters. The number of thiocarbonyl (C=S) groups is 1. The van der Waals surface area contributed by atoms with E-state index in [9.17, 15) is 9.59 Å². The zero-order valence-corrected chi connectivity index (χ0v) is 18.4. The van der Waals surface area contributed by atoms with E-state index in [0.717, 1.165) is 22.3 Å². The maximum Gasteiger partial charge on any atom is 0.337 e. The molecule has 1 saturated heterocycles. The molecule has 3 aromatic rings. The molecular formula is C25H19NO3S2. The third-order valence-electron chi connectivity index (χ3n) is 4.88. The molecule has 0 saturated carbocycles. The van der Waals surface area contributed by atoms with E-state index in [1.54, 1.807) is 17.0 Å². The van der Waals surface area contributed by atoms with Gasteiger partial charge >= 0.3 is 5.97 Å². The zero-order chi connectivity index (χ0) is 21.8. The van der Waals surface area contributed by atoms with E-state index in [4.69, 9.17) is 17.0 Å². The molecule has 1 aliphatic rings. The number of ether oxygens (including phenoxy) is 1. The third-order valence-corrected chi connectivity index (χ3v) is 6.26. The van der Waals surface area contributed by atoms with Crippen molar-refractivity contribution in [2.24, 2.45) is 0 Å². The average Bonchev–Trinajstić information content (AvgIpc) is 3.07. The van der Waals surface area contributed by atoms with E-state index < -0.39 is 0 Å². The second-order valence-electron chi connectivity index (χ2n) is 6.95. The number of hydrogen-bond acceptors (Lipinski definition) is 5. The Morgan fingerprint density at radius 1 is 1.00 bits per heavy atom. The van der Waals surface area contributed by atoms with Gasteiger partial charge in [0.15, 0.2) is 0 Å².